The minimum atomic E-state index is 0.173. The van der Waals surface area contributed by atoms with E-state index in [-0.39, 0.29) is 6.10 Å². The summed E-state index contributed by atoms with van der Waals surface area (Å²) < 4.78 is 8.15. The topological polar surface area (TPSA) is 39.1 Å². The number of fused-ring (bicyclic) bond motifs is 1. The van der Waals surface area contributed by atoms with Gasteiger partial charge in [0.25, 0.3) is 0 Å². The average Bonchev–Trinajstić information content (AvgIpc) is 2.85. The van der Waals surface area contributed by atoms with Crippen molar-refractivity contribution < 1.29 is 4.74 Å². The number of benzene rings is 1. The molecule has 4 heteroatoms. The summed E-state index contributed by atoms with van der Waals surface area (Å²) in [4.78, 5) is 4.96. The van der Waals surface area contributed by atoms with Gasteiger partial charge < -0.3 is 14.6 Å². The monoisotopic (exact) mass is 313 g/mol. The van der Waals surface area contributed by atoms with E-state index in [0.29, 0.717) is 5.92 Å². The van der Waals surface area contributed by atoms with Crippen molar-refractivity contribution in [3.05, 3.63) is 36.2 Å². The lowest BCUT2D eigenvalue weighted by molar-refractivity contribution is 0.242. The third-order valence-electron chi connectivity index (χ3n) is 4.21. The number of imidazole rings is 1. The first kappa shape index (κ1) is 16.1. The van der Waals surface area contributed by atoms with Crippen molar-refractivity contribution >= 4 is 11.0 Å². The van der Waals surface area contributed by atoms with Gasteiger partial charge in [-0.15, -0.1) is 0 Å². The van der Waals surface area contributed by atoms with Gasteiger partial charge in [-0.25, -0.2) is 4.98 Å². The van der Waals surface area contributed by atoms with Gasteiger partial charge in [0.05, 0.1) is 17.1 Å². The summed E-state index contributed by atoms with van der Waals surface area (Å²) in [7, 11) is 0. The van der Waals surface area contributed by atoms with Gasteiger partial charge in [-0.3, -0.25) is 0 Å². The highest BCUT2D eigenvalue weighted by Crippen LogP contribution is 2.29. The zero-order valence-electron chi connectivity index (χ0n) is 14.4. The number of aromatic nitrogens is 2. The molecule has 4 nitrogen and oxygen atoms in total. The summed E-state index contributed by atoms with van der Waals surface area (Å²) in [6, 6.07) is 6.23. The molecular formula is C19H27N3O. The normalized spacial score (nSPS) is 18.5. The van der Waals surface area contributed by atoms with Gasteiger partial charge in [-0.05, 0) is 52.3 Å². The molecule has 0 aliphatic carbocycles. The molecule has 1 N–H and O–H groups in total. The van der Waals surface area contributed by atoms with Crippen LogP contribution in [-0.4, -0.2) is 28.7 Å². The van der Waals surface area contributed by atoms with Gasteiger partial charge in [0.2, 0.25) is 0 Å². The molecule has 1 aromatic carbocycles. The Bertz CT molecular complexity index is 696. The van der Waals surface area contributed by atoms with Gasteiger partial charge >= 0.3 is 0 Å². The quantitative estimate of drug-likeness (QED) is 0.852. The molecular weight excluding hydrogens is 286 g/mol. The van der Waals surface area contributed by atoms with E-state index in [2.05, 4.69) is 35.5 Å². The Labute approximate surface area is 138 Å². The van der Waals surface area contributed by atoms with Crippen LogP contribution >= 0.6 is 0 Å². The van der Waals surface area contributed by atoms with Crippen LogP contribution in [0.25, 0.3) is 11.0 Å². The Kier molecular flexibility index (Phi) is 4.71. The zero-order chi connectivity index (χ0) is 16.4. The Morgan fingerprint density at radius 1 is 1.48 bits per heavy atom. The van der Waals surface area contributed by atoms with Crippen LogP contribution in [0.1, 0.15) is 45.4 Å². The van der Waals surface area contributed by atoms with Gasteiger partial charge in [0.15, 0.2) is 0 Å². The Morgan fingerprint density at radius 2 is 2.30 bits per heavy atom. The molecule has 1 atom stereocenters. The van der Waals surface area contributed by atoms with E-state index >= 15 is 0 Å². The molecule has 1 aliphatic heterocycles. The molecule has 124 valence electrons. The molecule has 2 heterocycles. The Morgan fingerprint density at radius 3 is 2.96 bits per heavy atom. The van der Waals surface area contributed by atoms with E-state index in [0.717, 1.165) is 36.5 Å². The number of hydrogen-bond acceptors (Lipinski definition) is 3. The molecule has 0 spiro atoms. The molecule has 1 aliphatic rings. The molecule has 1 saturated heterocycles. The fourth-order valence-electron chi connectivity index (χ4n) is 3.29. The summed E-state index contributed by atoms with van der Waals surface area (Å²) >= 11 is 0. The van der Waals surface area contributed by atoms with E-state index in [1.165, 1.54) is 24.2 Å². The highest BCUT2D eigenvalue weighted by atomic mass is 16.5. The molecule has 2 aromatic rings. The first-order valence-electron chi connectivity index (χ1n) is 8.56. The summed E-state index contributed by atoms with van der Waals surface area (Å²) in [6.07, 6.45) is 2.58. The number of nitrogens with one attached hydrogen (secondary N) is 1. The van der Waals surface area contributed by atoms with Crippen LogP contribution in [0.2, 0.25) is 0 Å². The van der Waals surface area contributed by atoms with Crippen molar-refractivity contribution in [1.29, 1.82) is 0 Å². The van der Waals surface area contributed by atoms with Gasteiger partial charge in [-0.1, -0.05) is 12.2 Å². The second-order valence-corrected chi connectivity index (χ2v) is 6.87. The fraction of sp³-hybridized carbons (Fsp3) is 0.526. The number of hydrogen-bond donors (Lipinski definition) is 1. The van der Waals surface area contributed by atoms with E-state index < -0.39 is 0 Å². The van der Waals surface area contributed by atoms with E-state index in [1.807, 2.05) is 19.9 Å². The van der Waals surface area contributed by atoms with Crippen molar-refractivity contribution in [3.8, 4) is 5.75 Å². The van der Waals surface area contributed by atoms with Crippen molar-refractivity contribution in [2.24, 2.45) is 0 Å². The fourth-order valence-corrected chi connectivity index (χ4v) is 3.29. The number of rotatable bonds is 5. The van der Waals surface area contributed by atoms with Crippen LogP contribution < -0.4 is 10.1 Å². The molecule has 0 radical (unpaired) electrons. The number of nitrogens with zero attached hydrogens (tertiary/aromatic N) is 2. The van der Waals surface area contributed by atoms with E-state index in [1.54, 1.807) is 0 Å². The number of piperidine rings is 1. The summed E-state index contributed by atoms with van der Waals surface area (Å²) in [5.41, 5.74) is 3.34. The molecule has 1 fully saturated rings. The van der Waals surface area contributed by atoms with E-state index in [4.69, 9.17) is 9.72 Å². The van der Waals surface area contributed by atoms with Gasteiger partial charge in [0.1, 0.15) is 11.6 Å². The van der Waals surface area contributed by atoms with Gasteiger partial charge in [0, 0.05) is 25.1 Å². The van der Waals surface area contributed by atoms with E-state index in [9.17, 15) is 0 Å². The second kappa shape index (κ2) is 6.75. The number of ether oxygens (including phenoxy) is 1. The van der Waals surface area contributed by atoms with Crippen LogP contribution in [0.4, 0.5) is 0 Å². The maximum Gasteiger partial charge on any atom is 0.121 e. The van der Waals surface area contributed by atoms with Crippen LogP contribution in [0, 0.1) is 0 Å². The standard InChI is InChI=1S/C19H27N3O/c1-13(2)12-22-18-8-7-16(23-14(3)4)10-17(18)21-19(22)15-6-5-9-20-11-15/h7-8,10,14-15,20H,1,5-6,9,11-12H2,2-4H3. The molecule has 23 heavy (non-hydrogen) atoms. The lowest BCUT2D eigenvalue weighted by Crippen LogP contribution is -2.30. The highest BCUT2D eigenvalue weighted by Gasteiger charge is 2.22. The SMILES string of the molecule is C=C(C)Cn1c(C2CCCNC2)nc2cc(OC(C)C)ccc21. The lowest BCUT2D eigenvalue weighted by Gasteiger charge is -2.23. The van der Waals surface area contributed by atoms with Crippen LogP contribution in [0.3, 0.4) is 0 Å². The first-order valence-corrected chi connectivity index (χ1v) is 8.56. The number of allylic oxidation sites excluding steroid dienone is 1. The summed E-state index contributed by atoms with van der Waals surface area (Å²) in [5.74, 6) is 2.54. The first-order chi connectivity index (χ1) is 11.0. The lowest BCUT2D eigenvalue weighted by atomic mass is 9.99. The molecule has 0 saturated carbocycles. The third-order valence-corrected chi connectivity index (χ3v) is 4.21. The molecule has 1 unspecified atom stereocenters. The van der Waals surface area contributed by atoms with Crippen molar-refractivity contribution in [1.82, 2.24) is 14.9 Å². The summed E-state index contributed by atoms with van der Waals surface area (Å²) in [5, 5.41) is 3.50. The van der Waals surface area contributed by atoms with Crippen molar-refractivity contribution in [2.75, 3.05) is 13.1 Å². The smallest absolute Gasteiger partial charge is 0.121 e. The second-order valence-electron chi connectivity index (χ2n) is 6.87. The molecule has 3 rings (SSSR count). The third kappa shape index (κ3) is 3.58. The highest BCUT2D eigenvalue weighted by molar-refractivity contribution is 5.78. The molecule has 1 aromatic heterocycles. The minimum Gasteiger partial charge on any atom is -0.491 e. The summed E-state index contributed by atoms with van der Waals surface area (Å²) in [6.45, 7) is 13.2. The predicted octanol–water partition coefficient (Wildman–Crippen LogP) is 3.87. The Hall–Kier alpha value is -1.81. The average molecular weight is 313 g/mol. The maximum absolute atomic E-state index is 5.82. The Balaban J connectivity index is 2.03. The largest absolute Gasteiger partial charge is 0.491 e. The maximum atomic E-state index is 5.82. The van der Waals surface area contributed by atoms with Crippen molar-refractivity contribution in [2.45, 2.75) is 52.2 Å². The van der Waals surface area contributed by atoms with Gasteiger partial charge in [-0.2, -0.15) is 0 Å². The van der Waals surface area contributed by atoms with Crippen LogP contribution in [0.5, 0.6) is 5.75 Å². The predicted molar refractivity (Wildman–Crippen MR) is 95.2 cm³/mol. The van der Waals surface area contributed by atoms with Crippen molar-refractivity contribution in [3.63, 3.8) is 0 Å². The zero-order valence-corrected chi connectivity index (χ0v) is 14.4. The molecule has 0 bridgehead atoms. The molecule has 0 amide bonds. The minimum absolute atomic E-state index is 0.173. The van der Waals surface area contributed by atoms with Crippen LogP contribution in [-0.2, 0) is 6.54 Å². The van der Waals surface area contributed by atoms with Crippen LogP contribution in [0.15, 0.2) is 30.4 Å².